The summed E-state index contributed by atoms with van der Waals surface area (Å²) in [5, 5.41) is 13.1. The third-order valence-electron chi connectivity index (χ3n) is 3.58. The van der Waals surface area contributed by atoms with Crippen molar-refractivity contribution in [3.63, 3.8) is 0 Å². The van der Waals surface area contributed by atoms with Gasteiger partial charge >= 0.3 is 0 Å². The standard InChI is InChI=1S/C16H14N2/c17-12-16(14-7-2-1-3-8-14)15-9-5-4-6-13(15)10-11-18-16/h1-9,18H,10-11H2. The lowest BCUT2D eigenvalue weighted by Crippen LogP contribution is -2.47. The van der Waals surface area contributed by atoms with Gasteiger partial charge in [-0.1, -0.05) is 54.6 Å². The van der Waals surface area contributed by atoms with Crippen LogP contribution in [-0.2, 0) is 12.0 Å². The van der Waals surface area contributed by atoms with Gasteiger partial charge in [-0.25, -0.2) is 0 Å². The summed E-state index contributed by atoms with van der Waals surface area (Å²) in [4.78, 5) is 0. The number of nitrogens with one attached hydrogen (secondary N) is 1. The van der Waals surface area contributed by atoms with Crippen molar-refractivity contribution in [1.82, 2.24) is 5.32 Å². The van der Waals surface area contributed by atoms with E-state index in [1.54, 1.807) is 0 Å². The van der Waals surface area contributed by atoms with E-state index in [0.717, 1.165) is 24.1 Å². The van der Waals surface area contributed by atoms with Crippen molar-refractivity contribution in [2.45, 2.75) is 12.0 Å². The Hall–Kier alpha value is -2.11. The van der Waals surface area contributed by atoms with E-state index in [9.17, 15) is 5.26 Å². The molecule has 0 amide bonds. The number of nitriles is 1. The lowest BCUT2D eigenvalue weighted by Gasteiger charge is -2.34. The zero-order chi connectivity index (χ0) is 12.4. The first-order valence-corrected chi connectivity index (χ1v) is 6.17. The first-order chi connectivity index (χ1) is 8.87. The SMILES string of the molecule is N#CC1(c2ccccc2)NCCc2ccccc21. The van der Waals surface area contributed by atoms with E-state index in [1.807, 2.05) is 42.5 Å². The van der Waals surface area contributed by atoms with Gasteiger partial charge in [-0.3, -0.25) is 5.32 Å². The number of benzene rings is 2. The highest BCUT2D eigenvalue weighted by molar-refractivity contribution is 5.50. The Balaban J connectivity index is 2.24. The normalized spacial score (nSPS) is 21.9. The summed E-state index contributed by atoms with van der Waals surface area (Å²) >= 11 is 0. The molecule has 0 spiro atoms. The summed E-state index contributed by atoms with van der Waals surface area (Å²) in [6, 6.07) is 20.6. The van der Waals surface area contributed by atoms with Crippen LogP contribution in [0.3, 0.4) is 0 Å². The maximum absolute atomic E-state index is 9.73. The first-order valence-electron chi connectivity index (χ1n) is 6.17. The van der Waals surface area contributed by atoms with E-state index in [1.165, 1.54) is 5.56 Å². The summed E-state index contributed by atoms with van der Waals surface area (Å²) in [6.07, 6.45) is 0.979. The quantitative estimate of drug-likeness (QED) is 0.823. The Morgan fingerprint density at radius 2 is 1.72 bits per heavy atom. The molecule has 2 nitrogen and oxygen atoms in total. The fraction of sp³-hybridized carbons (Fsp3) is 0.188. The molecule has 1 heterocycles. The number of fused-ring (bicyclic) bond motifs is 1. The molecule has 2 aromatic rings. The molecule has 1 N–H and O–H groups in total. The van der Waals surface area contributed by atoms with Crippen LogP contribution in [-0.4, -0.2) is 6.54 Å². The van der Waals surface area contributed by atoms with E-state index < -0.39 is 5.54 Å². The largest absolute Gasteiger partial charge is 0.292 e. The van der Waals surface area contributed by atoms with Gasteiger partial charge in [0.05, 0.1) is 6.07 Å². The van der Waals surface area contributed by atoms with Crippen LogP contribution in [0, 0.1) is 11.3 Å². The molecule has 3 rings (SSSR count). The second-order valence-corrected chi connectivity index (χ2v) is 4.56. The minimum absolute atomic E-state index is 0.698. The van der Waals surface area contributed by atoms with Gasteiger partial charge in [0.1, 0.15) is 0 Å². The molecule has 1 aliphatic heterocycles. The molecule has 2 aromatic carbocycles. The van der Waals surface area contributed by atoms with Crippen molar-refractivity contribution in [2.24, 2.45) is 0 Å². The van der Waals surface area contributed by atoms with Crippen LogP contribution >= 0.6 is 0 Å². The minimum atomic E-state index is -0.698. The van der Waals surface area contributed by atoms with E-state index in [4.69, 9.17) is 0 Å². The van der Waals surface area contributed by atoms with E-state index in [0.29, 0.717) is 0 Å². The Labute approximate surface area is 107 Å². The summed E-state index contributed by atoms with van der Waals surface area (Å²) in [7, 11) is 0. The molecular weight excluding hydrogens is 220 g/mol. The Morgan fingerprint density at radius 1 is 1.00 bits per heavy atom. The number of hydrogen-bond acceptors (Lipinski definition) is 2. The second-order valence-electron chi connectivity index (χ2n) is 4.56. The van der Waals surface area contributed by atoms with E-state index in [-0.39, 0.29) is 0 Å². The van der Waals surface area contributed by atoms with Crippen molar-refractivity contribution in [3.05, 3.63) is 71.3 Å². The fourth-order valence-electron chi connectivity index (χ4n) is 2.69. The Morgan fingerprint density at radius 3 is 2.50 bits per heavy atom. The average Bonchev–Trinajstić information content (AvgIpc) is 2.47. The topological polar surface area (TPSA) is 35.8 Å². The third kappa shape index (κ3) is 1.53. The van der Waals surface area contributed by atoms with Gasteiger partial charge in [-0.2, -0.15) is 5.26 Å². The summed E-state index contributed by atoms with van der Waals surface area (Å²) in [5.74, 6) is 0. The summed E-state index contributed by atoms with van der Waals surface area (Å²) in [6.45, 7) is 0.833. The molecule has 0 bridgehead atoms. The molecule has 0 radical (unpaired) electrons. The van der Waals surface area contributed by atoms with Gasteiger partial charge in [0.15, 0.2) is 5.54 Å². The Bertz CT molecular complexity index is 598. The fourth-order valence-corrected chi connectivity index (χ4v) is 2.69. The van der Waals surface area contributed by atoms with Gasteiger partial charge in [0.2, 0.25) is 0 Å². The predicted molar refractivity (Wildman–Crippen MR) is 71.0 cm³/mol. The van der Waals surface area contributed by atoms with Gasteiger partial charge in [0.25, 0.3) is 0 Å². The molecule has 0 aromatic heterocycles. The van der Waals surface area contributed by atoms with Crippen LogP contribution in [0.1, 0.15) is 16.7 Å². The molecule has 1 atom stereocenters. The molecule has 88 valence electrons. The maximum Gasteiger partial charge on any atom is 0.158 e. The molecule has 0 saturated carbocycles. The second kappa shape index (κ2) is 4.29. The lowest BCUT2D eigenvalue weighted by atomic mass is 9.78. The Kier molecular flexibility index (Phi) is 2.62. The highest BCUT2D eigenvalue weighted by Gasteiger charge is 2.37. The number of nitrogens with zero attached hydrogens (tertiary/aromatic N) is 1. The van der Waals surface area contributed by atoms with Crippen LogP contribution in [0.2, 0.25) is 0 Å². The van der Waals surface area contributed by atoms with Gasteiger partial charge in [0, 0.05) is 6.54 Å². The number of rotatable bonds is 1. The zero-order valence-electron chi connectivity index (χ0n) is 10.1. The van der Waals surface area contributed by atoms with Crippen molar-refractivity contribution >= 4 is 0 Å². The van der Waals surface area contributed by atoms with Crippen LogP contribution in [0.5, 0.6) is 0 Å². The third-order valence-corrected chi connectivity index (χ3v) is 3.58. The van der Waals surface area contributed by atoms with Crippen LogP contribution in [0.25, 0.3) is 0 Å². The van der Waals surface area contributed by atoms with Crippen LogP contribution in [0.4, 0.5) is 0 Å². The maximum atomic E-state index is 9.73. The highest BCUT2D eigenvalue weighted by Crippen LogP contribution is 2.34. The van der Waals surface area contributed by atoms with Crippen molar-refractivity contribution < 1.29 is 0 Å². The van der Waals surface area contributed by atoms with Gasteiger partial charge < -0.3 is 0 Å². The molecule has 1 unspecified atom stereocenters. The minimum Gasteiger partial charge on any atom is -0.292 e. The van der Waals surface area contributed by atoms with E-state index in [2.05, 4.69) is 23.5 Å². The number of hydrogen-bond donors (Lipinski definition) is 1. The van der Waals surface area contributed by atoms with Crippen molar-refractivity contribution in [1.29, 1.82) is 5.26 Å². The van der Waals surface area contributed by atoms with Crippen molar-refractivity contribution in [3.8, 4) is 6.07 Å². The highest BCUT2D eigenvalue weighted by atomic mass is 15.0. The molecular formula is C16H14N2. The van der Waals surface area contributed by atoms with Crippen LogP contribution < -0.4 is 5.32 Å². The smallest absolute Gasteiger partial charge is 0.158 e. The van der Waals surface area contributed by atoms with E-state index >= 15 is 0 Å². The summed E-state index contributed by atoms with van der Waals surface area (Å²) in [5.41, 5.74) is 2.67. The average molecular weight is 234 g/mol. The molecule has 0 fully saturated rings. The molecule has 18 heavy (non-hydrogen) atoms. The summed E-state index contributed by atoms with van der Waals surface area (Å²) < 4.78 is 0. The van der Waals surface area contributed by atoms with Gasteiger partial charge in [-0.15, -0.1) is 0 Å². The molecule has 0 aliphatic carbocycles. The predicted octanol–water partition coefficient (Wildman–Crippen LogP) is 2.60. The molecule has 0 saturated heterocycles. The first kappa shape index (κ1) is 11.0. The van der Waals surface area contributed by atoms with Gasteiger partial charge in [-0.05, 0) is 23.1 Å². The zero-order valence-corrected chi connectivity index (χ0v) is 10.1. The monoisotopic (exact) mass is 234 g/mol. The molecule has 1 aliphatic rings. The molecule has 2 heteroatoms. The van der Waals surface area contributed by atoms with Crippen LogP contribution in [0.15, 0.2) is 54.6 Å². The van der Waals surface area contributed by atoms with Crippen molar-refractivity contribution in [2.75, 3.05) is 6.54 Å². The lowest BCUT2D eigenvalue weighted by molar-refractivity contribution is 0.472.